The second-order valence-electron chi connectivity index (χ2n) is 7.97. The lowest BCUT2D eigenvalue weighted by Crippen LogP contribution is -2.54. The molecule has 0 aromatic heterocycles. The fourth-order valence-electron chi connectivity index (χ4n) is 3.93. The molecular formula is C28H20N2O5. The van der Waals surface area contributed by atoms with Gasteiger partial charge in [0.15, 0.2) is 0 Å². The summed E-state index contributed by atoms with van der Waals surface area (Å²) < 4.78 is 6.00. The van der Waals surface area contributed by atoms with E-state index in [1.165, 1.54) is 30.3 Å². The van der Waals surface area contributed by atoms with Gasteiger partial charge in [-0.3, -0.25) is 14.9 Å². The molecule has 0 radical (unpaired) electrons. The number of amides is 4. The molecule has 1 saturated heterocycles. The minimum Gasteiger partial charge on any atom is -0.508 e. The predicted octanol–water partition coefficient (Wildman–Crippen LogP) is 4.79. The lowest BCUT2D eigenvalue weighted by Gasteiger charge is -2.26. The summed E-state index contributed by atoms with van der Waals surface area (Å²) in [5.41, 5.74) is 1.65. The maximum absolute atomic E-state index is 13.0. The number of nitrogens with zero attached hydrogens (tertiary/aromatic N) is 1. The van der Waals surface area contributed by atoms with Gasteiger partial charge in [-0.25, -0.2) is 9.69 Å². The molecule has 0 saturated carbocycles. The van der Waals surface area contributed by atoms with Crippen molar-refractivity contribution in [1.82, 2.24) is 5.32 Å². The van der Waals surface area contributed by atoms with Gasteiger partial charge in [-0.15, -0.1) is 0 Å². The van der Waals surface area contributed by atoms with E-state index in [4.69, 9.17) is 4.74 Å². The van der Waals surface area contributed by atoms with Gasteiger partial charge in [0.1, 0.15) is 23.7 Å². The second kappa shape index (κ2) is 9.15. The summed E-state index contributed by atoms with van der Waals surface area (Å²) in [6, 6.07) is 25.8. The minimum absolute atomic E-state index is 0.00854. The topological polar surface area (TPSA) is 95.9 Å². The Balaban J connectivity index is 1.39. The molecular weight excluding hydrogens is 444 g/mol. The van der Waals surface area contributed by atoms with Gasteiger partial charge in [0, 0.05) is 0 Å². The van der Waals surface area contributed by atoms with Gasteiger partial charge in [0.05, 0.1) is 5.69 Å². The Morgan fingerprint density at radius 3 is 2.43 bits per heavy atom. The third-order valence-corrected chi connectivity index (χ3v) is 5.65. The number of hydrogen-bond acceptors (Lipinski definition) is 5. The summed E-state index contributed by atoms with van der Waals surface area (Å²) >= 11 is 0. The van der Waals surface area contributed by atoms with Crippen molar-refractivity contribution in [3.63, 3.8) is 0 Å². The number of hydrogen-bond donors (Lipinski definition) is 2. The molecule has 1 aliphatic heterocycles. The number of carbonyl (C=O) groups is 3. The number of barbiturate groups is 1. The Hall–Kier alpha value is -4.91. The number of carbonyl (C=O) groups excluding carboxylic acids is 3. The normalized spacial score (nSPS) is 14.9. The average molecular weight is 464 g/mol. The zero-order valence-corrected chi connectivity index (χ0v) is 18.5. The van der Waals surface area contributed by atoms with Crippen molar-refractivity contribution in [2.45, 2.75) is 6.61 Å². The number of benzene rings is 4. The molecule has 7 heteroatoms. The minimum atomic E-state index is -0.852. The van der Waals surface area contributed by atoms with Crippen LogP contribution in [0.3, 0.4) is 0 Å². The second-order valence-corrected chi connectivity index (χ2v) is 7.97. The van der Waals surface area contributed by atoms with Crippen LogP contribution in [0.2, 0.25) is 0 Å². The number of ether oxygens (including phenoxy) is 1. The number of rotatable bonds is 5. The zero-order chi connectivity index (χ0) is 24.4. The third-order valence-electron chi connectivity index (χ3n) is 5.65. The largest absolute Gasteiger partial charge is 0.508 e. The number of urea groups is 1. The van der Waals surface area contributed by atoms with Gasteiger partial charge in [-0.05, 0) is 64.4 Å². The van der Waals surface area contributed by atoms with E-state index < -0.39 is 17.8 Å². The highest BCUT2D eigenvalue weighted by molar-refractivity contribution is 6.39. The molecule has 0 unspecified atom stereocenters. The fraction of sp³-hybridized carbons (Fsp3) is 0.0357. The highest BCUT2D eigenvalue weighted by Crippen LogP contribution is 2.25. The van der Waals surface area contributed by atoms with E-state index in [0.717, 1.165) is 21.2 Å². The first-order chi connectivity index (χ1) is 17.0. The van der Waals surface area contributed by atoms with Crippen LogP contribution in [0.5, 0.6) is 11.5 Å². The van der Waals surface area contributed by atoms with Crippen LogP contribution >= 0.6 is 0 Å². The van der Waals surface area contributed by atoms with Crippen molar-refractivity contribution in [2.75, 3.05) is 4.90 Å². The molecule has 0 atom stereocenters. The first-order valence-corrected chi connectivity index (χ1v) is 10.9. The molecule has 5 rings (SSSR count). The van der Waals surface area contributed by atoms with Crippen molar-refractivity contribution < 1.29 is 24.2 Å². The van der Waals surface area contributed by atoms with Crippen LogP contribution in [0.15, 0.2) is 96.6 Å². The van der Waals surface area contributed by atoms with Crippen LogP contribution < -0.4 is 15.0 Å². The van der Waals surface area contributed by atoms with Crippen LogP contribution in [0.1, 0.15) is 11.1 Å². The van der Waals surface area contributed by atoms with Gasteiger partial charge in [-0.2, -0.15) is 0 Å². The molecule has 35 heavy (non-hydrogen) atoms. The fourth-order valence-corrected chi connectivity index (χ4v) is 3.93. The van der Waals surface area contributed by atoms with E-state index in [0.29, 0.717) is 17.9 Å². The van der Waals surface area contributed by atoms with Crippen LogP contribution in [0.25, 0.3) is 16.8 Å². The molecule has 4 aromatic rings. The molecule has 4 amide bonds. The van der Waals surface area contributed by atoms with Crippen LogP contribution in [-0.2, 0) is 16.2 Å². The highest BCUT2D eigenvalue weighted by Gasteiger charge is 2.36. The maximum atomic E-state index is 13.0. The molecule has 0 spiro atoms. The average Bonchev–Trinajstić information content (AvgIpc) is 2.86. The lowest BCUT2D eigenvalue weighted by atomic mass is 10.1. The van der Waals surface area contributed by atoms with Crippen molar-refractivity contribution in [3.05, 3.63) is 108 Å². The number of phenols is 1. The summed E-state index contributed by atoms with van der Waals surface area (Å²) in [5.74, 6) is -0.975. The summed E-state index contributed by atoms with van der Waals surface area (Å²) in [6.07, 6.45) is 1.42. The van der Waals surface area contributed by atoms with Gasteiger partial charge < -0.3 is 9.84 Å². The Morgan fingerprint density at radius 1 is 0.857 bits per heavy atom. The number of imide groups is 2. The number of nitrogens with one attached hydrogen (secondary N) is 1. The van der Waals surface area contributed by atoms with E-state index in [2.05, 4.69) is 5.32 Å². The quantitative estimate of drug-likeness (QED) is 0.327. The predicted molar refractivity (Wildman–Crippen MR) is 132 cm³/mol. The molecule has 1 heterocycles. The van der Waals surface area contributed by atoms with Gasteiger partial charge in [0.25, 0.3) is 11.8 Å². The van der Waals surface area contributed by atoms with E-state index in [9.17, 15) is 19.5 Å². The Labute approximate surface area is 200 Å². The number of fused-ring (bicyclic) bond motifs is 1. The Bertz CT molecular complexity index is 1490. The van der Waals surface area contributed by atoms with Crippen molar-refractivity contribution in [3.8, 4) is 11.5 Å². The Kier molecular flexibility index (Phi) is 5.73. The smallest absolute Gasteiger partial charge is 0.335 e. The summed E-state index contributed by atoms with van der Waals surface area (Å²) in [5, 5.41) is 13.9. The summed E-state index contributed by atoms with van der Waals surface area (Å²) in [6.45, 7) is 0.351. The van der Waals surface area contributed by atoms with Crippen molar-refractivity contribution >= 4 is 40.4 Å². The van der Waals surface area contributed by atoms with E-state index in [-0.39, 0.29) is 17.0 Å². The van der Waals surface area contributed by atoms with Crippen LogP contribution in [0, 0.1) is 0 Å². The molecule has 172 valence electrons. The first kappa shape index (κ1) is 21.9. The zero-order valence-electron chi connectivity index (χ0n) is 18.5. The highest BCUT2D eigenvalue weighted by atomic mass is 16.5. The molecule has 2 N–H and O–H groups in total. The molecule has 7 nitrogen and oxygen atoms in total. The lowest BCUT2D eigenvalue weighted by molar-refractivity contribution is -0.122. The summed E-state index contributed by atoms with van der Waals surface area (Å²) in [4.78, 5) is 38.7. The van der Waals surface area contributed by atoms with Gasteiger partial charge in [-0.1, -0.05) is 54.6 Å². The van der Waals surface area contributed by atoms with Gasteiger partial charge in [0.2, 0.25) is 0 Å². The Morgan fingerprint density at radius 2 is 1.60 bits per heavy atom. The van der Waals surface area contributed by atoms with Crippen molar-refractivity contribution in [2.24, 2.45) is 0 Å². The number of phenolic OH excluding ortho intramolecular Hbond substituents is 1. The SMILES string of the molecule is O=C1NC(=O)N(c2ccc(O)cc2)C(=O)/C1=C\c1cccc(OCc2cccc3ccccc23)c1. The first-order valence-electron chi connectivity index (χ1n) is 10.9. The summed E-state index contributed by atoms with van der Waals surface area (Å²) in [7, 11) is 0. The molecule has 1 aliphatic rings. The van der Waals surface area contributed by atoms with E-state index in [1.54, 1.807) is 24.3 Å². The molecule has 1 fully saturated rings. The monoisotopic (exact) mass is 464 g/mol. The van der Waals surface area contributed by atoms with Gasteiger partial charge >= 0.3 is 6.03 Å². The maximum Gasteiger partial charge on any atom is 0.335 e. The number of aromatic hydroxyl groups is 1. The molecule has 0 bridgehead atoms. The van der Waals surface area contributed by atoms with Crippen molar-refractivity contribution in [1.29, 1.82) is 0 Å². The third kappa shape index (κ3) is 4.47. The van der Waals surface area contributed by atoms with E-state index >= 15 is 0 Å². The van der Waals surface area contributed by atoms with E-state index in [1.807, 2.05) is 42.5 Å². The van der Waals surface area contributed by atoms with Crippen LogP contribution in [-0.4, -0.2) is 23.0 Å². The molecule has 4 aromatic carbocycles. The number of anilines is 1. The molecule has 0 aliphatic carbocycles. The standard InChI is InChI=1S/C28H20N2O5/c31-22-13-11-21(12-14-22)30-27(33)25(26(32)29-28(30)34)16-18-5-3-9-23(15-18)35-17-20-8-4-7-19-6-1-2-10-24(19)20/h1-16,31H,17H2,(H,29,32,34)/b25-16-. The van der Waals surface area contributed by atoms with Crippen LogP contribution in [0.4, 0.5) is 10.5 Å².